The van der Waals surface area contributed by atoms with Gasteiger partial charge in [-0.2, -0.15) is 0 Å². The van der Waals surface area contributed by atoms with Crippen molar-refractivity contribution in [3.05, 3.63) is 53.6 Å². The summed E-state index contributed by atoms with van der Waals surface area (Å²) in [6.45, 7) is 2.59. The van der Waals surface area contributed by atoms with E-state index in [1.165, 1.54) is 50.2 Å². The average Bonchev–Trinajstić information content (AvgIpc) is 2.56. The number of rotatable bonds is 6. The van der Waals surface area contributed by atoms with Crippen molar-refractivity contribution in [2.24, 2.45) is 0 Å². The van der Waals surface area contributed by atoms with Gasteiger partial charge in [-0.1, -0.05) is 23.7 Å². The Balaban J connectivity index is 2.54. The SMILES string of the molecule is CC(=O)Nc1ccc(S(=O)(=O)N(c2ccccc2Cl)C(C)C(=O)O)cc1. The fourth-order valence-corrected chi connectivity index (χ4v) is 4.21. The molecule has 1 atom stereocenters. The molecule has 0 aromatic heterocycles. The van der Waals surface area contributed by atoms with E-state index >= 15 is 0 Å². The van der Waals surface area contributed by atoms with E-state index in [2.05, 4.69) is 5.32 Å². The van der Waals surface area contributed by atoms with Gasteiger partial charge in [0.05, 0.1) is 15.6 Å². The van der Waals surface area contributed by atoms with Crippen LogP contribution in [0.4, 0.5) is 11.4 Å². The summed E-state index contributed by atoms with van der Waals surface area (Å²) in [6, 6.07) is 10.1. The number of carbonyl (C=O) groups is 2. The van der Waals surface area contributed by atoms with Crippen molar-refractivity contribution < 1.29 is 23.1 Å². The number of nitrogens with zero attached hydrogens (tertiary/aromatic N) is 1. The van der Waals surface area contributed by atoms with E-state index in [1.807, 2.05) is 0 Å². The third kappa shape index (κ3) is 4.14. The van der Waals surface area contributed by atoms with Crippen LogP contribution >= 0.6 is 11.6 Å². The summed E-state index contributed by atoms with van der Waals surface area (Å²) < 4.78 is 26.9. The number of aliphatic carboxylic acids is 1. The van der Waals surface area contributed by atoms with Gasteiger partial charge in [0.2, 0.25) is 5.91 Å². The maximum absolute atomic E-state index is 13.1. The molecule has 2 rings (SSSR count). The quantitative estimate of drug-likeness (QED) is 0.781. The molecule has 1 unspecified atom stereocenters. The first kappa shape index (κ1) is 19.7. The molecular weight excluding hydrogens is 380 g/mol. The zero-order chi connectivity index (χ0) is 19.5. The number of nitrogens with one attached hydrogen (secondary N) is 1. The van der Waals surface area contributed by atoms with Crippen LogP contribution in [0.5, 0.6) is 0 Å². The van der Waals surface area contributed by atoms with Gasteiger partial charge < -0.3 is 10.4 Å². The summed E-state index contributed by atoms with van der Waals surface area (Å²) in [4.78, 5) is 22.4. The molecule has 2 aromatic rings. The van der Waals surface area contributed by atoms with Gasteiger partial charge in [0.25, 0.3) is 10.0 Å². The molecule has 7 nitrogen and oxygen atoms in total. The lowest BCUT2D eigenvalue weighted by Crippen LogP contribution is -2.43. The third-order valence-electron chi connectivity index (χ3n) is 3.53. The van der Waals surface area contributed by atoms with E-state index in [0.29, 0.717) is 5.69 Å². The number of benzene rings is 2. The van der Waals surface area contributed by atoms with Crippen LogP contribution in [-0.2, 0) is 19.6 Å². The first-order chi connectivity index (χ1) is 12.1. The number of carboxylic acid groups (broad SMARTS) is 1. The van der Waals surface area contributed by atoms with Gasteiger partial charge in [-0.05, 0) is 43.3 Å². The van der Waals surface area contributed by atoms with E-state index in [1.54, 1.807) is 12.1 Å². The molecule has 0 aliphatic heterocycles. The van der Waals surface area contributed by atoms with Crippen molar-refractivity contribution in [1.29, 1.82) is 0 Å². The molecule has 0 saturated carbocycles. The fraction of sp³-hybridized carbons (Fsp3) is 0.176. The number of hydrogen-bond donors (Lipinski definition) is 2. The molecular formula is C17H17ClN2O5S. The van der Waals surface area contributed by atoms with Crippen LogP contribution in [0.3, 0.4) is 0 Å². The minimum Gasteiger partial charge on any atom is -0.480 e. The zero-order valence-corrected chi connectivity index (χ0v) is 15.6. The van der Waals surface area contributed by atoms with Gasteiger partial charge in [0, 0.05) is 12.6 Å². The number of sulfonamides is 1. The van der Waals surface area contributed by atoms with Gasteiger partial charge in [-0.15, -0.1) is 0 Å². The molecule has 0 heterocycles. The highest BCUT2D eigenvalue weighted by atomic mass is 35.5. The Bertz CT molecular complexity index is 928. The summed E-state index contributed by atoms with van der Waals surface area (Å²) in [7, 11) is -4.21. The van der Waals surface area contributed by atoms with Crippen LogP contribution in [0.15, 0.2) is 53.4 Å². The minimum absolute atomic E-state index is 0.0648. The van der Waals surface area contributed by atoms with Gasteiger partial charge in [-0.3, -0.25) is 9.10 Å². The van der Waals surface area contributed by atoms with Crippen molar-refractivity contribution in [3.8, 4) is 0 Å². The molecule has 0 aliphatic carbocycles. The number of carboxylic acids is 1. The number of hydrogen-bond acceptors (Lipinski definition) is 4. The fourth-order valence-electron chi connectivity index (χ4n) is 2.30. The van der Waals surface area contributed by atoms with E-state index in [4.69, 9.17) is 11.6 Å². The second kappa shape index (κ2) is 7.76. The average molecular weight is 397 g/mol. The van der Waals surface area contributed by atoms with Gasteiger partial charge >= 0.3 is 5.97 Å². The van der Waals surface area contributed by atoms with E-state index < -0.39 is 22.0 Å². The summed E-state index contributed by atoms with van der Waals surface area (Å²) in [5.74, 6) is -1.61. The number of amides is 1. The molecule has 0 bridgehead atoms. The Morgan fingerprint density at radius 3 is 2.19 bits per heavy atom. The second-order valence-electron chi connectivity index (χ2n) is 5.47. The predicted octanol–water partition coefficient (Wildman–Crippen LogP) is 2.97. The summed E-state index contributed by atoms with van der Waals surface area (Å²) in [6.07, 6.45) is 0. The van der Waals surface area contributed by atoms with Crippen LogP contribution in [-0.4, -0.2) is 31.4 Å². The van der Waals surface area contributed by atoms with Crippen LogP contribution in [0.2, 0.25) is 5.02 Å². The van der Waals surface area contributed by atoms with Crippen LogP contribution in [0.1, 0.15) is 13.8 Å². The third-order valence-corrected chi connectivity index (χ3v) is 5.75. The van der Waals surface area contributed by atoms with Crippen molar-refractivity contribution in [2.45, 2.75) is 24.8 Å². The van der Waals surface area contributed by atoms with E-state index in [9.17, 15) is 23.1 Å². The Kier molecular flexibility index (Phi) is 5.89. The molecule has 0 aliphatic rings. The zero-order valence-electron chi connectivity index (χ0n) is 14.0. The lowest BCUT2D eigenvalue weighted by molar-refractivity contribution is -0.137. The molecule has 0 spiro atoms. The summed E-state index contributed by atoms with van der Waals surface area (Å²) in [5, 5.41) is 12.0. The Morgan fingerprint density at radius 1 is 1.12 bits per heavy atom. The van der Waals surface area contributed by atoms with Crippen molar-refractivity contribution in [1.82, 2.24) is 0 Å². The van der Waals surface area contributed by atoms with E-state index in [0.717, 1.165) is 4.31 Å². The van der Waals surface area contributed by atoms with Crippen LogP contribution in [0.25, 0.3) is 0 Å². The number of halogens is 1. The summed E-state index contributed by atoms with van der Waals surface area (Å²) >= 11 is 6.10. The van der Waals surface area contributed by atoms with Crippen molar-refractivity contribution in [2.75, 3.05) is 9.62 Å². The Hall–Kier alpha value is -2.58. The lowest BCUT2D eigenvalue weighted by atomic mass is 10.2. The predicted molar refractivity (Wildman–Crippen MR) is 99.0 cm³/mol. The minimum atomic E-state index is -4.21. The molecule has 0 saturated heterocycles. The Labute approximate surface area is 156 Å². The highest BCUT2D eigenvalue weighted by molar-refractivity contribution is 7.93. The topological polar surface area (TPSA) is 104 Å². The normalized spacial score (nSPS) is 12.3. The highest BCUT2D eigenvalue weighted by Crippen LogP contribution is 2.32. The first-order valence-corrected chi connectivity index (χ1v) is 9.36. The van der Waals surface area contributed by atoms with Crippen molar-refractivity contribution in [3.63, 3.8) is 0 Å². The lowest BCUT2D eigenvalue weighted by Gasteiger charge is -2.28. The molecule has 26 heavy (non-hydrogen) atoms. The number of carbonyl (C=O) groups excluding carboxylic acids is 1. The van der Waals surface area contributed by atoms with Gasteiger partial charge in [0.15, 0.2) is 0 Å². The number of anilines is 2. The van der Waals surface area contributed by atoms with Crippen molar-refractivity contribution >= 4 is 44.9 Å². The van der Waals surface area contributed by atoms with Gasteiger partial charge in [-0.25, -0.2) is 13.2 Å². The largest absolute Gasteiger partial charge is 0.480 e. The van der Waals surface area contributed by atoms with Gasteiger partial charge in [0.1, 0.15) is 6.04 Å². The highest BCUT2D eigenvalue weighted by Gasteiger charge is 2.34. The standard InChI is InChI=1S/C17H17ClN2O5S/c1-11(17(22)23)20(16-6-4-3-5-15(16)18)26(24,25)14-9-7-13(8-10-14)19-12(2)21/h3-11H,1-2H3,(H,19,21)(H,22,23). The molecule has 0 radical (unpaired) electrons. The maximum atomic E-state index is 13.1. The maximum Gasteiger partial charge on any atom is 0.327 e. The smallest absolute Gasteiger partial charge is 0.327 e. The first-order valence-electron chi connectivity index (χ1n) is 7.54. The molecule has 1 amide bonds. The molecule has 0 fully saturated rings. The second-order valence-corrected chi connectivity index (χ2v) is 7.69. The number of para-hydroxylation sites is 1. The molecule has 2 N–H and O–H groups in total. The van der Waals surface area contributed by atoms with Crippen LogP contribution in [0, 0.1) is 0 Å². The van der Waals surface area contributed by atoms with E-state index in [-0.39, 0.29) is 21.5 Å². The summed E-state index contributed by atoms with van der Waals surface area (Å²) in [5.41, 5.74) is 0.488. The molecule has 2 aromatic carbocycles. The Morgan fingerprint density at radius 2 is 1.69 bits per heavy atom. The monoisotopic (exact) mass is 396 g/mol. The molecule has 9 heteroatoms. The molecule has 138 valence electrons. The van der Waals surface area contributed by atoms with Crippen LogP contribution < -0.4 is 9.62 Å².